The van der Waals surface area contributed by atoms with Crippen LogP contribution in [0.3, 0.4) is 0 Å². The molecule has 0 aromatic rings. The molecule has 4 bridgehead atoms. The molecule has 2 saturated heterocycles. The quantitative estimate of drug-likeness (QED) is 0.694. The lowest BCUT2D eigenvalue weighted by Gasteiger charge is -2.48. The van der Waals surface area contributed by atoms with Gasteiger partial charge in [0.05, 0.1) is 11.2 Å². The number of fused-ring (bicyclic) bond motifs is 1. The first-order chi connectivity index (χ1) is 6.36. The Morgan fingerprint density at radius 1 is 1.36 bits per heavy atom. The fraction of sp³-hybridized carbons (Fsp3) is 1.00. The minimum atomic E-state index is -0.579. The topological polar surface area (TPSA) is 29.5 Å². The Morgan fingerprint density at radius 3 is 2.36 bits per heavy atom. The van der Waals surface area contributed by atoms with Crippen molar-refractivity contribution in [1.29, 1.82) is 0 Å². The summed E-state index contributed by atoms with van der Waals surface area (Å²) in [6, 6.07) is 0. The van der Waals surface area contributed by atoms with Crippen LogP contribution in [0.2, 0.25) is 0 Å². The zero-order valence-electron chi connectivity index (χ0n) is 9.50. The summed E-state index contributed by atoms with van der Waals surface area (Å²) in [5.41, 5.74) is -0.855. The average Bonchev–Trinajstić information content (AvgIpc) is 2.62. The predicted molar refractivity (Wildman–Crippen MR) is 53.9 cm³/mol. The van der Waals surface area contributed by atoms with Gasteiger partial charge in [-0.1, -0.05) is 13.8 Å². The highest BCUT2D eigenvalue weighted by Gasteiger charge is 2.84. The van der Waals surface area contributed by atoms with Crippen molar-refractivity contribution in [2.75, 3.05) is 0 Å². The highest BCUT2D eigenvalue weighted by molar-refractivity contribution is 5.32. The van der Waals surface area contributed by atoms with E-state index in [4.69, 9.17) is 4.74 Å². The summed E-state index contributed by atoms with van der Waals surface area (Å²) in [5, 5.41) is 10.9. The van der Waals surface area contributed by atoms with Crippen molar-refractivity contribution in [3.8, 4) is 0 Å². The van der Waals surface area contributed by atoms with Crippen LogP contribution < -0.4 is 0 Å². The highest BCUT2D eigenvalue weighted by Crippen LogP contribution is 2.76. The smallest absolute Gasteiger partial charge is 0.101 e. The summed E-state index contributed by atoms with van der Waals surface area (Å²) >= 11 is 0. The fourth-order valence-corrected chi connectivity index (χ4v) is 4.46. The van der Waals surface area contributed by atoms with Gasteiger partial charge in [-0.2, -0.15) is 0 Å². The van der Waals surface area contributed by atoms with Gasteiger partial charge in [0.15, 0.2) is 0 Å². The number of ether oxygens (including phenoxy) is 1. The minimum Gasteiger partial charge on any atom is -0.386 e. The van der Waals surface area contributed by atoms with Crippen molar-refractivity contribution in [2.24, 2.45) is 17.8 Å². The van der Waals surface area contributed by atoms with Crippen molar-refractivity contribution in [2.45, 2.75) is 57.3 Å². The third-order valence-electron chi connectivity index (χ3n) is 5.23. The van der Waals surface area contributed by atoms with Gasteiger partial charge in [0.25, 0.3) is 0 Å². The van der Waals surface area contributed by atoms with Crippen molar-refractivity contribution in [3.05, 3.63) is 0 Å². The first-order valence-electron chi connectivity index (χ1n) is 5.79. The summed E-state index contributed by atoms with van der Waals surface area (Å²) in [6.45, 7) is 8.52. The number of hydrogen-bond acceptors (Lipinski definition) is 2. The fourth-order valence-electron chi connectivity index (χ4n) is 4.46. The van der Waals surface area contributed by atoms with Crippen LogP contribution in [0.1, 0.15) is 40.5 Å². The molecule has 2 nitrogen and oxygen atoms in total. The molecule has 5 atom stereocenters. The van der Waals surface area contributed by atoms with Crippen LogP contribution in [0.5, 0.6) is 0 Å². The van der Waals surface area contributed by atoms with Crippen molar-refractivity contribution in [1.82, 2.24) is 0 Å². The summed E-state index contributed by atoms with van der Waals surface area (Å²) in [4.78, 5) is 0. The van der Waals surface area contributed by atoms with Crippen LogP contribution in [0, 0.1) is 17.8 Å². The molecular weight excluding hydrogens is 176 g/mol. The van der Waals surface area contributed by atoms with Crippen LogP contribution in [0.25, 0.3) is 0 Å². The lowest BCUT2D eigenvalue weighted by molar-refractivity contribution is -0.207. The van der Waals surface area contributed by atoms with Crippen LogP contribution in [0.4, 0.5) is 0 Å². The van der Waals surface area contributed by atoms with E-state index in [1.807, 2.05) is 0 Å². The standard InChI is InChI=1S/C12H20O2/c1-7(2)12(13)9-8-5-6-10(12,3)14-11(8,9)4/h7-9,13H,5-6H2,1-4H3/t8-,9?,10+,11?,12+/m1/s1. The van der Waals surface area contributed by atoms with Gasteiger partial charge in [-0.05, 0) is 38.5 Å². The lowest BCUT2D eigenvalue weighted by atomic mass is 9.67. The molecule has 0 aromatic heterocycles. The molecule has 4 rings (SSSR count). The molecule has 0 amide bonds. The Balaban J connectivity index is 2.09. The summed E-state index contributed by atoms with van der Waals surface area (Å²) < 4.78 is 6.14. The lowest BCUT2D eigenvalue weighted by Crippen LogP contribution is -2.58. The number of hydrogen-bond donors (Lipinski definition) is 1. The Labute approximate surface area is 85.6 Å². The molecule has 14 heavy (non-hydrogen) atoms. The van der Waals surface area contributed by atoms with Crippen LogP contribution in [-0.4, -0.2) is 21.9 Å². The second-order valence-electron chi connectivity index (χ2n) is 6.12. The maximum Gasteiger partial charge on any atom is 0.101 e. The Bertz CT molecular complexity index is 301. The maximum atomic E-state index is 10.9. The van der Waals surface area contributed by atoms with E-state index in [9.17, 15) is 5.11 Å². The van der Waals surface area contributed by atoms with Gasteiger partial charge in [0.1, 0.15) is 5.60 Å². The van der Waals surface area contributed by atoms with Crippen molar-refractivity contribution in [3.63, 3.8) is 0 Å². The van der Waals surface area contributed by atoms with Gasteiger partial charge >= 0.3 is 0 Å². The second-order valence-corrected chi connectivity index (χ2v) is 6.12. The molecule has 2 unspecified atom stereocenters. The van der Waals surface area contributed by atoms with E-state index in [1.165, 1.54) is 6.42 Å². The van der Waals surface area contributed by atoms with E-state index in [0.29, 0.717) is 17.8 Å². The van der Waals surface area contributed by atoms with Crippen molar-refractivity contribution < 1.29 is 9.84 Å². The van der Waals surface area contributed by atoms with E-state index in [1.54, 1.807) is 0 Å². The van der Waals surface area contributed by atoms with Gasteiger partial charge in [0.2, 0.25) is 0 Å². The molecule has 0 radical (unpaired) electrons. The van der Waals surface area contributed by atoms with Gasteiger partial charge < -0.3 is 9.84 Å². The largest absolute Gasteiger partial charge is 0.386 e. The zero-order valence-corrected chi connectivity index (χ0v) is 9.50. The van der Waals surface area contributed by atoms with Crippen LogP contribution in [0.15, 0.2) is 0 Å². The van der Waals surface area contributed by atoms with E-state index in [0.717, 1.165) is 6.42 Å². The SMILES string of the molecule is CC(C)[C@]1(O)C2[C@H]3CC[C@]1(C)OC23C. The van der Waals surface area contributed by atoms with E-state index < -0.39 is 5.60 Å². The van der Waals surface area contributed by atoms with Gasteiger partial charge in [0, 0.05) is 5.92 Å². The zero-order chi connectivity index (χ0) is 10.4. The monoisotopic (exact) mass is 196 g/mol. The summed E-state index contributed by atoms with van der Waals surface area (Å²) in [7, 11) is 0. The molecule has 0 aromatic carbocycles. The van der Waals surface area contributed by atoms with E-state index in [2.05, 4.69) is 27.7 Å². The third kappa shape index (κ3) is 0.646. The van der Waals surface area contributed by atoms with Gasteiger partial charge in [-0.3, -0.25) is 0 Å². The normalized spacial score (nSPS) is 64.7. The molecule has 2 heterocycles. The molecule has 2 saturated carbocycles. The average molecular weight is 196 g/mol. The summed E-state index contributed by atoms with van der Waals surface area (Å²) in [5.74, 6) is 1.31. The van der Waals surface area contributed by atoms with Crippen LogP contribution in [-0.2, 0) is 4.74 Å². The molecule has 0 spiro atoms. The first kappa shape index (κ1) is 9.17. The Hall–Kier alpha value is -0.0800. The molecule has 4 fully saturated rings. The van der Waals surface area contributed by atoms with E-state index >= 15 is 0 Å². The second kappa shape index (κ2) is 2.05. The van der Waals surface area contributed by atoms with E-state index in [-0.39, 0.29) is 11.2 Å². The first-order valence-corrected chi connectivity index (χ1v) is 5.79. The van der Waals surface area contributed by atoms with Gasteiger partial charge in [-0.25, -0.2) is 0 Å². The molecule has 2 aliphatic heterocycles. The Kier molecular flexibility index (Phi) is 1.34. The highest BCUT2D eigenvalue weighted by atomic mass is 16.6. The molecule has 2 aliphatic carbocycles. The maximum absolute atomic E-state index is 10.9. The molecular formula is C12H20O2. The Morgan fingerprint density at radius 2 is 2.00 bits per heavy atom. The molecule has 1 N–H and O–H groups in total. The predicted octanol–water partition coefficient (Wildman–Crippen LogP) is 1.96. The summed E-state index contributed by atoms with van der Waals surface area (Å²) in [6.07, 6.45) is 2.27. The molecule has 2 heteroatoms. The van der Waals surface area contributed by atoms with Crippen LogP contribution >= 0.6 is 0 Å². The van der Waals surface area contributed by atoms with Gasteiger partial charge in [-0.15, -0.1) is 0 Å². The number of rotatable bonds is 1. The van der Waals surface area contributed by atoms with Crippen molar-refractivity contribution >= 4 is 0 Å². The number of aliphatic hydroxyl groups is 1. The molecule has 4 aliphatic rings. The minimum absolute atomic E-state index is 0.00597. The third-order valence-corrected chi connectivity index (χ3v) is 5.23. The molecule has 80 valence electrons.